The monoisotopic (exact) mass is 224 g/mol. The molecule has 0 unspecified atom stereocenters. The summed E-state index contributed by atoms with van der Waals surface area (Å²) in [6.45, 7) is 5.96. The van der Waals surface area contributed by atoms with Gasteiger partial charge in [0.25, 0.3) is 0 Å². The Bertz CT molecular complexity index is 542. The molecule has 1 heterocycles. The molecule has 17 heavy (non-hydrogen) atoms. The van der Waals surface area contributed by atoms with Gasteiger partial charge in [-0.05, 0) is 32.4 Å². The maximum absolute atomic E-state index is 4.54. The standard InChI is InChI=1S/C15H16N2/c1-11-12(2)17-15(13(3)16-11)10-9-14-7-5-4-6-8-14/h4-10H,1-3H3. The summed E-state index contributed by atoms with van der Waals surface area (Å²) in [6, 6.07) is 10.2. The molecule has 86 valence electrons. The van der Waals surface area contributed by atoms with Gasteiger partial charge in [-0.2, -0.15) is 0 Å². The van der Waals surface area contributed by atoms with E-state index < -0.39 is 0 Å². The van der Waals surface area contributed by atoms with Crippen molar-refractivity contribution in [2.75, 3.05) is 0 Å². The number of hydrogen-bond acceptors (Lipinski definition) is 2. The van der Waals surface area contributed by atoms with Crippen molar-refractivity contribution < 1.29 is 0 Å². The molecule has 0 aliphatic rings. The molecule has 0 aliphatic heterocycles. The lowest BCUT2D eigenvalue weighted by molar-refractivity contribution is 0.991. The van der Waals surface area contributed by atoms with Crippen LogP contribution >= 0.6 is 0 Å². The Morgan fingerprint density at radius 1 is 0.765 bits per heavy atom. The van der Waals surface area contributed by atoms with E-state index in [-0.39, 0.29) is 0 Å². The van der Waals surface area contributed by atoms with E-state index in [4.69, 9.17) is 0 Å². The molecule has 0 spiro atoms. The summed E-state index contributed by atoms with van der Waals surface area (Å²) < 4.78 is 0. The molecule has 0 bridgehead atoms. The summed E-state index contributed by atoms with van der Waals surface area (Å²) in [6.07, 6.45) is 4.08. The number of nitrogens with zero attached hydrogens (tertiary/aromatic N) is 2. The Morgan fingerprint density at radius 3 is 2.12 bits per heavy atom. The van der Waals surface area contributed by atoms with Crippen molar-refractivity contribution in [2.45, 2.75) is 20.8 Å². The molecule has 2 heteroatoms. The fraction of sp³-hybridized carbons (Fsp3) is 0.200. The molecule has 1 aromatic heterocycles. The lowest BCUT2D eigenvalue weighted by Gasteiger charge is -2.03. The van der Waals surface area contributed by atoms with Crippen LogP contribution in [0.25, 0.3) is 12.2 Å². The number of hydrogen-bond donors (Lipinski definition) is 0. The van der Waals surface area contributed by atoms with Crippen LogP contribution in [-0.4, -0.2) is 9.97 Å². The van der Waals surface area contributed by atoms with Crippen molar-refractivity contribution in [3.63, 3.8) is 0 Å². The highest BCUT2D eigenvalue weighted by Gasteiger charge is 2.01. The molecule has 2 rings (SSSR count). The van der Waals surface area contributed by atoms with Crippen LogP contribution in [0, 0.1) is 20.8 Å². The molecule has 2 nitrogen and oxygen atoms in total. The van der Waals surface area contributed by atoms with Crippen molar-refractivity contribution in [1.29, 1.82) is 0 Å². The molecule has 0 aliphatic carbocycles. The van der Waals surface area contributed by atoms with Crippen LogP contribution in [0.2, 0.25) is 0 Å². The van der Waals surface area contributed by atoms with Crippen LogP contribution in [0.5, 0.6) is 0 Å². The molecule has 0 radical (unpaired) electrons. The number of aryl methyl sites for hydroxylation is 3. The minimum absolute atomic E-state index is 0.942. The summed E-state index contributed by atoms with van der Waals surface area (Å²) in [7, 11) is 0. The molecule has 0 saturated heterocycles. The highest BCUT2D eigenvalue weighted by Crippen LogP contribution is 2.11. The first-order chi connectivity index (χ1) is 8.16. The SMILES string of the molecule is Cc1nc(C)c(C=Cc2ccccc2)nc1C. The molecular weight excluding hydrogens is 208 g/mol. The summed E-state index contributed by atoms with van der Waals surface area (Å²) >= 11 is 0. The van der Waals surface area contributed by atoms with E-state index in [9.17, 15) is 0 Å². The quantitative estimate of drug-likeness (QED) is 0.779. The highest BCUT2D eigenvalue weighted by atomic mass is 14.8. The van der Waals surface area contributed by atoms with Gasteiger partial charge >= 0.3 is 0 Å². The van der Waals surface area contributed by atoms with Gasteiger partial charge in [0.05, 0.1) is 22.8 Å². The highest BCUT2D eigenvalue weighted by molar-refractivity contribution is 5.68. The number of benzene rings is 1. The second-order valence-electron chi connectivity index (χ2n) is 4.11. The fourth-order valence-electron chi connectivity index (χ4n) is 1.63. The summed E-state index contributed by atoms with van der Waals surface area (Å²) in [5.74, 6) is 0. The Kier molecular flexibility index (Phi) is 3.33. The summed E-state index contributed by atoms with van der Waals surface area (Å²) in [5.41, 5.74) is 5.08. The van der Waals surface area contributed by atoms with Crippen LogP contribution in [-0.2, 0) is 0 Å². The van der Waals surface area contributed by atoms with Crippen molar-refractivity contribution in [3.05, 3.63) is 58.7 Å². The van der Waals surface area contributed by atoms with Crippen LogP contribution in [0.15, 0.2) is 30.3 Å². The van der Waals surface area contributed by atoms with Crippen molar-refractivity contribution >= 4 is 12.2 Å². The minimum atomic E-state index is 0.942. The lowest BCUT2D eigenvalue weighted by atomic mass is 10.2. The van der Waals surface area contributed by atoms with E-state index in [1.165, 1.54) is 5.56 Å². The van der Waals surface area contributed by atoms with Gasteiger partial charge in [-0.15, -0.1) is 0 Å². The topological polar surface area (TPSA) is 25.8 Å². The molecule has 0 N–H and O–H groups in total. The predicted octanol–water partition coefficient (Wildman–Crippen LogP) is 3.57. The zero-order chi connectivity index (χ0) is 12.3. The molecule has 2 aromatic rings. The molecule has 0 amide bonds. The van der Waals surface area contributed by atoms with Gasteiger partial charge in [-0.25, -0.2) is 4.98 Å². The Balaban J connectivity index is 2.31. The third kappa shape index (κ3) is 2.78. The molecular formula is C15H16N2. The minimum Gasteiger partial charge on any atom is -0.254 e. The first-order valence-electron chi connectivity index (χ1n) is 5.72. The normalized spacial score (nSPS) is 11.0. The van der Waals surface area contributed by atoms with Gasteiger partial charge in [0, 0.05) is 0 Å². The second-order valence-corrected chi connectivity index (χ2v) is 4.11. The number of rotatable bonds is 2. The van der Waals surface area contributed by atoms with E-state index in [0.29, 0.717) is 0 Å². The molecule has 0 saturated carbocycles. The molecule has 1 aromatic carbocycles. The van der Waals surface area contributed by atoms with Crippen LogP contribution in [0.4, 0.5) is 0 Å². The number of aromatic nitrogens is 2. The lowest BCUT2D eigenvalue weighted by Crippen LogP contribution is -1.98. The van der Waals surface area contributed by atoms with Gasteiger partial charge in [-0.1, -0.05) is 36.4 Å². The second kappa shape index (κ2) is 4.91. The van der Waals surface area contributed by atoms with Gasteiger partial charge in [-0.3, -0.25) is 4.98 Å². The van der Waals surface area contributed by atoms with Crippen LogP contribution < -0.4 is 0 Å². The van der Waals surface area contributed by atoms with E-state index in [1.54, 1.807) is 0 Å². The largest absolute Gasteiger partial charge is 0.254 e. The first-order valence-corrected chi connectivity index (χ1v) is 5.72. The van der Waals surface area contributed by atoms with Crippen molar-refractivity contribution in [1.82, 2.24) is 9.97 Å². The Labute approximate surface area is 102 Å². The van der Waals surface area contributed by atoms with Crippen molar-refractivity contribution in [3.8, 4) is 0 Å². The third-order valence-electron chi connectivity index (χ3n) is 2.75. The average molecular weight is 224 g/mol. The summed E-state index contributed by atoms with van der Waals surface area (Å²) in [5, 5.41) is 0. The van der Waals surface area contributed by atoms with Crippen molar-refractivity contribution in [2.24, 2.45) is 0 Å². The van der Waals surface area contributed by atoms with E-state index in [0.717, 1.165) is 22.8 Å². The van der Waals surface area contributed by atoms with Crippen LogP contribution in [0.3, 0.4) is 0 Å². The zero-order valence-corrected chi connectivity index (χ0v) is 10.4. The summed E-state index contributed by atoms with van der Waals surface area (Å²) in [4.78, 5) is 9.01. The fourth-order valence-corrected chi connectivity index (χ4v) is 1.63. The maximum Gasteiger partial charge on any atom is 0.0845 e. The third-order valence-corrected chi connectivity index (χ3v) is 2.75. The van der Waals surface area contributed by atoms with Gasteiger partial charge in [0.15, 0.2) is 0 Å². The van der Waals surface area contributed by atoms with E-state index >= 15 is 0 Å². The Morgan fingerprint density at radius 2 is 1.41 bits per heavy atom. The average Bonchev–Trinajstić information content (AvgIpc) is 2.33. The van der Waals surface area contributed by atoms with Crippen LogP contribution in [0.1, 0.15) is 28.3 Å². The molecule has 0 atom stereocenters. The van der Waals surface area contributed by atoms with Gasteiger partial charge in [0.1, 0.15) is 0 Å². The molecule has 0 fully saturated rings. The maximum atomic E-state index is 4.54. The van der Waals surface area contributed by atoms with E-state index in [2.05, 4.69) is 28.2 Å². The zero-order valence-electron chi connectivity index (χ0n) is 10.4. The van der Waals surface area contributed by atoms with Gasteiger partial charge < -0.3 is 0 Å². The van der Waals surface area contributed by atoms with E-state index in [1.807, 2.05) is 45.0 Å². The smallest absolute Gasteiger partial charge is 0.0845 e. The Hall–Kier alpha value is -1.96. The van der Waals surface area contributed by atoms with Gasteiger partial charge in [0.2, 0.25) is 0 Å². The predicted molar refractivity (Wildman–Crippen MR) is 71.6 cm³/mol. The first kappa shape index (κ1) is 11.5.